The number of rotatable bonds is 4. The molecule has 0 radical (unpaired) electrons. The van der Waals surface area contributed by atoms with Gasteiger partial charge in [0, 0.05) is 17.7 Å². The highest BCUT2D eigenvalue weighted by atomic mass is 19.1. The van der Waals surface area contributed by atoms with Crippen LogP contribution in [0.5, 0.6) is 0 Å². The van der Waals surface area contributed by atoms with Gasteiger partial charge >= 0.3 is 5.69 Å². The lowest BCUT2D eigenvalue weighted by atomic mass is 10.2. The van der Waals surface area contributed by atoms with Crippen molar-refractivity contribution in [2.75, 3.05) is 0 Å². The molecule has 0 fully saturated rings. The Morgan fingerprint density at radius 3 is 2.85 bits per heavy atom. The molecule has 2 rings (SSSR count). The number of carbonyl (C=O) groups excluding carboxylic acids is 1. The van der Waals surface area contributed by atoms with Crippen molar-refractivity contribution in [1.82, 2.24) is 10.5 Å². The first-order chi connectivity index (χ1) is 9.47. The van der Waals surface area contributed by atoms with Crippen molar-refractivity contribution in [3.05, 3.63) is 57.2 Å². The molecule has 1 amide bonds. The first kappa shape index (κ1) is 13.7. The Hall–Kier alpha value is -2.77. The maximum Gasteiger partial charge on any atom is 0.305 e. The van der Waals surface area contributed by atoms with E-state index in [2.05, 4.69) is 10.5 Å². The minimum Gasteiger partial charge on any atom is -0.361 e. The van der Waals surface area contributed by atoms with Crippen LogP contribution in [0.2, 0.25) is 0 Å². The predicted octanol–water partition coefficient (Wildman–Crippen LogP) is 1.96. The van der Waals surface area contributed by atoms with Gasteiger partial charge in [-0.1, -0.05) is 5.16 Å². The highest BCUT2D eigenvalue weighted by Crippen LogP contribution is 2.18. The van der Waals surface area contributed by atoms with Gasteiger partial charge in [-0.3, -0.25) is 14.9 Å². The Labute approximate surface area is 112 Å². The molecule has 1 aromatic carbocycles. The molecule has 0 unspecified atom stereocenters. The second-order valence-corrected chi connectivity index (χ2v) is 4.03. The molecule has 7 nitrogen and oxygen atoms in total. The SMILES string of the molecule is Cc1cc(CNC(=O)c2ccc(F)c([N+](=O)[O-])c2)no1. The summed E-state index contributed by atoms with van der Waals surface area (Å²) in [5.41, 5.74) is -0.222. The van der Waals surface area contributed by atoms with Gasteiger partial charge in [-0.25, -0.2) is 0 Å². The number of benzene rings is 1. The summed E-state index contributed by atoms with van der Waals surface area (Å²) in [7, 11) is 0. The summed E-state index contributed by atoms with van der Waals surface area (Å²) in [5.74, 6) is -0.945. The fraction of sp³-hybridized carbons (Fsp3) is 0.167. The van der Waals surface area contributed by atoms with Crippen molar-refractivity contribution in [3.63, 3.8) is 0 Å². The highest BCUT2D eigenvalue weighted by molar-refractivity contribution is 5.94. The molecule has 0 aliphatic heterocycles. The van der Waals surface area contributed by atoms with E-state index in [1.807, 2.05) is 0 Å². The van der Waals surface area contributed by atoms with Gasteiger partial charge in [-0.15, -0.1) is 0 Å². The van der Waals surface area contributed by atoms with Crippen LogP contribution in [0.3, 0.4) is 0 Å². The Morgan fingerprint density at radius 2 is 2.25 bits per heavy atom. The number of amides is 1. The van der Waals surface area contributed by atoms with Crippen LogP contribution >= 0.6 is 0 Å². The monoisotopic (exact) mass is 279 g/mol. The third-order valence-corrected chi connectivity index (χ3v) is 2.51. The molecule has 0 atom stereocenters. The van der Waals surface area contributed by atoms with Crippen molar-refractivity contribution in [2.24, 2.45) is 0 Å². The lowest BCUT2D eigenvalue weighted by Crippen LogP contribution is -2.23. The minimum absolute atomic E-state index is 0.00156. The van der Waals surface area contributed by atoms with E-state index in [0.29, 0.717) is 11.5 Å². The number of hydrogen-bond donors (Lipinski definition) is 1. The lowest BCUT2D eigenvalue weighted by Gasteiger charge is -2.03. The minimum atomic E-state index is -0.987. The Morgan fingerprint density at radius 1 is 1.50 bits per heavy atom. The van der Waals surface area contributed by atoms with E-state index in [1.165, 1.54) is 6.07 Å². The highest BCUT2D eigenvalue weighted by Gasteiger charge is 2.17. The van der Waals surface area contributed by atoms with Gasteiger partial charge in [0.25, 0.3) is 5.91 Å². The lowest BCUT2D eigenvalue weighted by molar-refractivity contribution is -0.387. The molecule has 0 spiro atoms. The van der Waals surface area contributed by atoms with Crippen molar-refractivity contribution in [1.29, 1.82) is 0 Å². The van der Waals surface area contributed by atoms with Crippen LogP contribution in [-0.4, -0.2) is 16.0 Å². The summed E-state index contributed by atoms with van der Waals surface area (Å²) in [6.07, 6.45) is 0. The van der Waals surface area contributed by atoms with Crippen LogP contribution < -0.4 is 5.32 Å². The molecule has 1 heterocycles. The van der Waals surface area contributed by atoms with Crippen LogP contribution in [0.25, 0.3) is 0 Å². The standard InChI is InChI=1S/C12H10FN3O4/c1-7-4-9(15-20-7)6-14-12(17)8-2-3-10(13)11(5-8)16(18)19/h2-5H,6H2,1H3,(H,14,17). The van der Waals surface area contributed by atoms with Gasteiger partial charge in [0.1, 0.15) is 11.5 Å². The average molecular weight is 279 g/mol. The third-order valence-electron chi connectivity index (χ3n) is 2.51. The zero-order valence-corrected chi connectivity index (χ0v) is 10.4. The van der Waals surface area contributed by atoms with E-state index in [-0.39, 0.29) is 12.1 Å². The topological polar surface area (TPSA) is 98.3 Å². The van der Waals surface area contributed by atoms with E-state index in [4.69, 9.17) is 4.52 Å². The molecular weight excluding hydrogens is 269 g/mol. The van der Waals surface area contributed by atoms with Crippen LogP contribution in [0.1, 0.15) is 21.8 Å². The number of nitrogens with zero attached hydrogens (tertiary/aromatic N) is 2. The first-order valence-electron chi connectivity index (χ1n) is 5.61. The number of carbonyl (C=O) groups is 1. The molecule has 1 aromatic heterocycles. The summed E-state index contributed by atoms with van der Waals surface area (Å²) in [5, 5.41) is 16.8. The van der Waals surface area contributed by atoms with E-state index in [9.17, 15) is 19.3 Å². The Kier molecular flexibility index (Phi) is 3.74. The van der Waals surface area contributed by atoms with Crippen LogP contribution in [0.15, 0.2) is 28.8 Å². The zero-order valence-electron chi connectivity index (χ0n) is 10.4. The number of hydrogen-bond acceptors (Lipinski definition) is 5. The number of nitro groups is 1. The molecule has 0 bridgehead atoms. The van der Waals surface area contributed by atoms with Gasteiger partial charge in [0.15, 0.2) is 0 Å². The van der Waals surface area contributed by atoms with Gasteiger partial charge in [-0.2, -0.15) is 4.39 Å². The molecule has 104 valence electrons. The summed E-state index contributed by atoms with van der Waals surface area (Å²) in [6.45, 7) is 1.82. The third kappa shape index (κ3) is 2.97. The van der Waals surface area contributed by atoms with Crippen molar-refractivity contribution < 1.29 is 18.6 Å². The maximum atomic E-state index is 13.1. The number of halogens is 1. The molecule has 20 heavy (non-hydrogen) atoms. The Balaban J connectivity index is 2.09. The van der Waals surface area contributed by atoms with Crippen LogP contribution in [-0.2, 0) is 6.54 Å². The molecule has 2 aromatic rings. The van der Waals surface area contributed by atoms with Crippen LogP contribution in [0, 0.1) is 22.9 Å². The smallest absolute Gasteiger partial charge is 0.305 e. The second-order valence-electron chi connectivity index (χ2n) is 4.03. The summed E-state index contributed by atoms with van der Waals surface area (Å²) >= 11 is 0. The zero-order chi connectivity index (χ0) is 14.7. The quantitative estimate of drug-likeness (QED) is 0.681. The number of aromatic nitrogens is 1. The molecule has 8 heteroatoms. The van der Waals surface area contributed by atoms with E-state index < -0.39 is 22.3 Å². The molecule has 0 aliphatic carbocycles. The summed E-state index contributed by atoms with van der Waals surface area (Å²) < 4.78 is 18.0. The van der Waals surface area contributed by atoms with Gasteiger partial charge in [-0.05, 0) is 19.1 Å². The van der Waals surface area contributed by atoms with Crippen molar-refractivity contribution in [2.45, 2.75) is 13.5 Å². The normalized spacial score (nSPS) is 10.3. The van der Waals surface area contributed by atoms with Gasteiger partial charge in [0.05, 0.1) is 11.5 Å². The van der Waals surface area contributed by atoms with Gasteiger partial charge in [0.2, 0.25) is 5.82 Å². The fourth-order valence-corrected chi connectivity index (χ4v) is 1.57. The fourth-order valence-electron chi connectivity index (χ4n) is 1.57. The number of nitro benzene ring substituents is 1. The second kappa shape index (κ2) is 5.47. The Bertz CT molecular complexity index is 668. The molecule has 0 saturated heterocycles. The summed E-state index contributed by atoms with van der Waals surface area (Å²) in [4.78, 5) is 21.5. The number of aryl methyl sites for hydroxylation is 1. The van der Waals surface area contributed by atoms with Crippen molar-refractivity contribution in [3.8, 4) is 0 Å². The maximum absolute atomic E-state index is 13.1. The molecule has 1 N–H and O–H groups in total. The summed E-state index contributed by atoms with van der Waals surface area (Å²) in [6, 6.07) is 4.59. The van der Waals surface area contributed by atoms with E-state index >= 15 is 0 Å². The number of nitrogens with one attached hydrogen (secondary N) is 1. The largest absolute Gasteiger partial charge is 0.361 e. The van der Waals surface area contributed by atoms with Crippen molar-refractivity contribution >= 4 is 11.6 Å². The van der Waals surface area contributed by atoms with E-state index in [1.54, 1.807) is 13.0 Å². The average Bonchev–Trinajstić information content (AvgIpc) is 2.82. The predicted molar refractivity (Wildman–Crippen MR) is 65.5 cm³/mol. The van der Waals surface area contributed by atoms with Gasteiger partial charge < -0.3 is 9.84 Å². The molecule has 0 saturated carbocycles. The van der Waals surface area contributed by atoms with Crippen LogP contribution in [0.4, 0.5) is 10.1 Å². The molecule has 0 aliphatic rings. The molecular formula is C12H10FN3O4. The first-order valence-corrected chi connectivity index (χ1v) is 5.61. The van der Waals surface area contributed by atoms with E-state index in [0.717, 1.165) is 12.1 Å².